The normalized spacial score (nSPS) is 11.9. The third-order valence-electron chi connectivity index (χ3n) is 5.25. The lowest BCUT2D eigenvalue weighted by molar-refractivity contribution is -0.141. The quantitative estimate of drug-likeness (QED) is 0.278. The first-order valence-corrected chi connectivity index (χ1v) is 11.5. The number of halogens is 3. The van der Waals surface area contributed by atoms with Crippen LogP contribution in [0.1, 0.15) is 49.6 Å². The second-order valence-corrected chi connectivity index (χ2v) is 8.73. The van der Waals surface area contributed by atoms with E-state index in [-0.39, 0.29) is 5.69 Å². The molecule has 0 amide bonds. The summed E-state index contributed by atoms with van der Waals surface area (Å²) in [6.45, 7) is 4.07. The van der Waals surface area contributed by atoms with Crippen molar-refractivity contribution in [3.8, 4) is 33.2 Å². The highest BCUT2D eigenvalue weighted by atomic mass is 32.1. The molecule has 4 heterocycles. The zero-order valence-electron chi connectivity index (χ0n) is 17.9. The molecule has 0 saturated carbocycles. The molecule has 4 rings (SSSR count). The number of unbranched alkanes of at least 4 members (excludes halogenated alkanes) is 3. The topological polar surface area (TPSA) is 70.2 Å². The average molecular weight is 460 g/mol. The molecule has 0 fully saturated rings. The maximum Gasteiger partial charge on any atom is 0.432 e. The van der Waals surface area contributed by atoms with Crippen LogP contribution in [0.4, 0.5) is 13.2 Å². The van der Waals surface area contributed by atoms with Gasteiger partial charge in [0.05, 0.1) is 11.4 Å². The fourth-order valence-corrected chi connectivity index (χ4v) is 4.54. The van der Waals surface area contributed by atoms with Crippen LogP contribution in [-0.4, -0.2) is 25.4 Å². The molecule has 0 aliphatic heterocycles. The molecular formula is C23H24F3N5S. The van der Waals surface area contributed by atoms with Crippen LogP contribution in [-0.2, 0) is 12.6 Å². The van der Waals surface area contributed by atoms with E-state index in [1.54, 1.807) is 17.4 Å². The van der Waals surface area contributed by atoms with Gasteiger partial charge in [0.1, 0.15) is 17.1 Å². The van der Waals surface area contributed by atoms with Crippen molar-refractivity contribution in [1.29, 1.82) is 0 Å². The molecular weight excluding hydrogens is 435 g/mol. The van der Waals surface area contributed by atoms with Gasteiger partial charge in [0.2, 0.25) is 0 Å². The van der Waals surface area contributed by atoms with Crippen LogP contribution in [0.3, 0.4) is 0 Å². The first kappa shape index (κ1) is 22.3. The van der Waals surface area contributed by atoms with Crippen molar-refractivity contribution in [2.24, 2.45) is 0 Å². The Labute approximate surface area is 188 Å². The van der Waals surface area contributed by atoms with Crippen molar-refractivity contribution < 1.29 is 13.2 Å². The minimum Gasteiger partial charge on any atom is -0.282 e. The van der Waals surface area contributed by atoms with Crippen molar-refractivity contribution in [1.82, 2.24) is 25.4 Å². The Hall–Kier alpha value is -2.94. The summed E-state index contributed by atoms with van der Waals surface area (Å²) in [6, 6.07) is 8.73. The van der Waals surface area contributed by atoms with Crippen LogP contribution < -0.4 is 0 Å². The second kappa shape index (κ2) is 9.28. The molecule has 0 saturated heterocycles. The Morgan fingerprint density at radius 1 is 0.906 bits per heavy atom. The van der Waals surface area contributed by atoms with E-state index in [2.05, 4.69) is 43.7 Å². The molecule has 0 aliphatic rings. The molecule has 0 atom stereocenters. The van der Waals surface area contributed by atoms with Gasteiger partial charge in [0.25, 0.3) is 0 Å². The Bertz CT molecular complexity index is 1190. The molecule has 32 heavy (non-hydrogen) atoms. The van der Waals surface area contributed by atoms with Crippen molar-refractivity contribution in [3.05, 3.63) is 52.7 Å². The minimum absolute atomic E-state index is 0.147. The van der Waals surface area contributed by atoms with E-state index in [0.29, 0.717) is 17.1 Å². The number of rotatable bonds is 8. The highest BCUT2D eigenvalue weighted by Crippen LogP contribution is 2.36. The van der Waals surface area contributed by atoms with Gasteiger partial charge in [-0.15, -0.1) is 11.3 Å². The zero-order valence-corrected chi connectivity index (χ0v) is 18.7. The lowest BCUT2D eigenvalue weighted by atomic mass is 10.0. The SMILES string of the molecule is CCCCCCc1ccsc1-c1cc(-c2cc(C)[nH]n2)nc(-c2cc(C(F)(F)F)[nH]n2)c1. The predicted molar refractivity (Wildman–Crippen MR) is 120 cm³/mol. The summed E-state index contributed by atoms with van der Waals surface area (Å²) in [5, 5.41) is 15.2. The van der Waals surface area contributed by atoms with E-state index >= 15 is 0 Å². The molecule has 0 spiro atoms. The van der Waals surface area contributed by atoms with E-state index < -0.39 is 11.9 Å². The van der Waals surface area contributed by atoms with Gasteiger partial charge < -0.3 is 0 Å². The fourth-order valence-electron chi connectivity index (χ4n) is 3.60. The lowest BCUT2D eigenvalue weighted by Crippen LogP contribution is -2.04. The van der Waals surface area contributed by atoms with Crippen LogP contribution >= 0.6 is 11.3 Å². The van der Waals surface area contributed by atoms with Gasteiger partial charge >= 0.3 is 6.18 Å². The maximum atomic E-state index is 13.1. The Balaban J connectivity index is 1.76. The van der Waals surface area contributed by atoms with Gasteiger partial charge in [0, 0.05) is 10.6 Å². The average Bonchev–Trinajstić information content (AvgIpc) is 3.50. The van der Waals surface area contributed by atoms with Crippen molar-refractivity contribution in [3.63, 3.8) is 0 Å². The number of H-pyrrole nitrogens is 2. The van der Waals surface area contributed by atoms with E-state index in [1.165, 1.54) is 24.8 Å². The Kier molecular flexibility index (Phi) is 6.45. The molecule has 0 unspecified atom stereocenters. The number of aromatic amines is 2. The van der Waals surface area contributed by atoms with Crippen LogP contribution in [0.5, 0.6) is 0 Å². The van der Waals surface area contributed by atoms with E-state index in [4.69, 9.17) is 0 Å². The zero-order chi connectivity index (χ0) is 22.7. The third-order valence-corrected chi connectivity index (χ3v) is 6.25. The van der Waals surface area contributed by atoms with Crippen molar-refractivity contribution >= 4 is 11.3 Å². The van der Waals surface area contributed by atoms with Gasteiger partial charge in [0.15, 0.2) is 0 Å². The van der Waals surface area contributed by atoms with Crippen LogP contribution in [0.25, 0.3) is 33.2 Å². The van der Waals surface area contributed by atoms with Crippen molar-refractivity contribution in [2.75, 3.05) is 0 Å². The van der Waals surface area contributed by atoms with Crippen LogP contribution in [0, 0.1) is 6.92 Å². The highest BCUT2D eigenvalue weighted by Gasteiger charge is 2.33. The number of aryl methyl sites for hydroxylation is 2. The summed E-state index contributed by atoms with van der Waals surface area (Å²) in [5.74, 6) is 0. The summed E-state index contributed by atoms with van der Waals surface area (Å²) in [4.78, 5) is 5.68. The molecule has 0 radical (unpaired) electrons. The molecule has 0 aliphatic carbocycles. The molecule has 4 aromatic rings. The van der Waals surface area contributed by atoms with E-state index in [1.807, 2.05) is 19.1 Å². The number of hydrogen-bond donors (Lipinski definition) is 2. The standard InChI is InChI=1S/C23H24F3N5S/c1-3-4-5-6-7-15-8-9-32-22(15)16-11-17(19-10-14(2)28-29-19)27-18(12-16)20-13-21(31-30-20)23(24,25)26/h8-13H,3-7H2,1-2H3,(H,28,29)(H,30,31). The summed E-state index contributed by atoms with van der Waals surface area (Å²) in [5.41, 5.74) is 3.87. The number of thiophene rings is 1. The molecule has 0 bridgehead atoms. The van der Waals surface area contributed by atoms with Gasteiger partial charge in [-0.1, -0.05) is 26.2 Å². The van der Waals surface area contributed by atoms with Crippen LogP contribution in [0.15, 0.2) is 35.7 Å². The summed E-state index contributed by atoms with van der Waals surface area (Å²) in [7, 11) is 0. The van der Waals surface area contributed by atoms with Crippen LogP contribution in [0.2, 0.25) is 0 Å². The van der Waals surface area contributed by atoms with Gasteiger partial charge in [-0.05, 0) is 66.6 Å². The number of nitrogens with one attached hydrogen (secondary N) is 2. The highest BCUT2D eigenvalue weighted by molar-refractivity contribution is 7.13. The van der Waals surface area contributed by atoms with Gasteiger partial charge in [-0.3, -0.25) is 10.2 Å². The smallest absolute Gasteiger partial charge is 0.282 e. The molecule has 0 aromatic carbocycles. The number of aromatic nitrogens is 5. The monoisotopic (exact) mass is 459 g/mol. The first-order valence-electron chi connectivity index (χ1n) is 10.6. The summed E-state index contributed by atoms with van der Waals surface area (Å²) in [6.07, 6.45) is 1.15. The largest absolute Gasteiger partial charge is 0.432 e. The molecule has 5 nitrogen and oxygen atoms in total. The number of pyridine rings is 1. The first-order chi connectivity index (χ1) is 15.3. The fraction of sp³-hybridized carbons (Fsp3) is 0.348. The molecule has 168 valence electrons. The maximum absolute atomic E-state index is 13.1. The lowest BCUT2D eigenvalue weighted by Gasteiger charge is -2.08. The summed E-state index contributed by atoms with van der Waals surface area (Å²) >= 11 is 1.62. The van der Waals surface area contributed by atoms with E-state index in [0.717, 1.165) is 35.0 Å². The molecule has 2 N–H and O–H groups in total. The van der Waals surface area contributed by atoms with E-state index in [9.17, 15) is 13.2 Å². The number of nitrogens with zero attached hydrogens (tertiary/aromatic N) is 3. The molecule has 9 heteroatoms. The Morgan fingerprint density at radius 3 is 2.25 bits per heavy atom. The van der Waals surface area contributed by atoms with Crippen molar-refractivity contribution in [2.45, 2.75) is 52.1 Å². The molecule has 4 aromatic heterocycles. The minimum atomic E-state index is -4.50. The van der Waals surface area contributed by atoms with Gasteiger partial charge in [-0.2, -0.15) is 23.4 Å². The Morgan fingerprint density at radius 2 is 1.62 bits per heavy atom. The second-order valence-electron chi connectivity index (χ2n) is 7.81. The summed E-state index contributed by atoms with van der Waals surface area (Å²) < 4.78 is 39.3. The van der Waals surface area contributed by atoms with Gasteiger partial charge in [-0.25, -0.2) is 4.98 Å². The predicted octanol–water partition coefficient (Wildman–Crippen LogP) is 7.04. The number of hydrogen-bond acceptors (Lipinski definition) is 4. The number of alkyl halides is 3. The third kappa shape index (κ3) is 4.93.